The molecule has 4 aromatic carbocycles. The molecule has 0 radical (unpaired) electrons. The molecule has 2 heterocycles. The van der Waals surface area contributed by atoms with Crippen molar-refractivity contribution in [1.82, 2.24) is 0 Å². The Bertz CT molecular complexity index is 1510. The molecule has 166 valence electrons. The van der Waals surface area contributed by atoms with Crippen LogP contribution in [0.4, 0.5) is 17.1 Å². The highest BCUT2D eigenvalue weighted by Crippen LogP contribution is 2.50. The highest BCUT2D eigenvalue weighted by molar-refractivity contribution is 8.20. The normalized spacial score (nSPS) is 18.9. The molecule has 34 heavy (non-hydrogen) atoms. The summed E-state index contributed by atoms with van der Waals surface area (Å²) in [6, 6.07) is 28.9. The summed E-state index contributed by atoms with van der Waals surface area (Å²) < 4.78 is 0. The molecule has 6 rings (SSSR count). The van der Waals surface area contributed by atoms with Crippen LogP contribution in [0.2, 0.25) is 0 Å². The van der Waals surface area contributed by atoms with Crippen molar-refractivity contribution in [3.8, 4) is 5.75 Å². The standard InChI is InChI=1S/C27H19N3O2S2/c1-29-22-11-4-5-12-23(22)33-26(29)24-25(32)30(18-13-15-19(31)16-14-18)27(34-24)28-21-10-6-8-17-7-2-3-9-20(17)21/h2-16,31H,1H3/b26-24-,28-27?. The third-order valence-corrected chi connectivity index (χ3v) is 8.20. The molecule has 7 heteroatoms. The van der Waals surface area contributed by atoms with Crippen molar-refractivity contribution in [3.05, 3.63) is 101 Å². The minimum Gasteiger partial charge on any atom is -0.508 e. The number of para-hydroxylation sites is 1. The van der Waals surface area contributed by atoms with Gasteiger partial charge in [-0.1, -0.05) is 60.3 Å². The summed E-state index contributed by atoms with van der Waals surface area (Å²) in [4.78, 5) is 24.2. The van der Waals surface area contributed by atoms with E-state index in [1.807, 2.05) is 49.5 Å². The quantitative estimate of drug-likeness (QED) is 0.322. The Morgan fingerprint density at radius 3 is 2.38 bits per heavy atom. The van der Waals surface area contributed by atoms with E-state index in [0.29, 0.717) is 15.8 Å². The predicted molar refractivity (Wildman–Crippen MR) is 142 cm³/mol. The number of hydrogen-bond donors (Lipinski definition) is 1. The average Bonchev–Trinajstić information content (AvgIpc) is 3.36. The van der Waals surface area contributed by atoms with E-state index < -0.39 is 0 Å². The Morgan fingerprint density at radius 1 is 0.824 bits per heavy atom. The van der Waals surface area contributed by atoms with Crippen LogP contribution in [-0.4, -0.2) is 23.2 Å². The zero-order valence-electron chi connectivity index (χ0n) is 18.2. The molecule has 2 aliphatic heterocycles. The first-order valence-corrected chi connectivity index (χ1v) is 12.4. The lowest BCUT2D eigenvalue weighted by Gasteiger charge is -2.17. The Labute approximate surface area is 205 Å². The maximum Gasteiger partial charge on any atom is 0.274 e. The van der Waals surface area contributed by atoms with Crippen molar-refractivity contribution >= 4 is 62.4 Å². The fraction of sp³-hybridized carbons (Fsp3) is 0.0370. The minimum absolute atomic E-state index is 0.128. The number of aromatic hydroxyl groups is 1. The summed E-state index contributed by atoms with van der Waals surface area (Å²) >= 11 is 2.98. The summed E-state index contributed by atoms with van der Waals surface area (Å²) in [5, 5.41) is 13.4. The van der Waals surface area contributed by atoms with Gasteiger partial charge in [-0.3, -0.25) is 9.69 Å². The van der Waals surface area contributed by atoms with Crippen LogP contribution in [0.1, 0.15) is 0 Å². The molecule has 1 fully saturated rings. The number of phenolic OH excluding ortho intramolecular Hbond substituents is 1. The van der Waals surface area contributed by atoms with Crippen molar-refractivity contribution in [2.45, 2.75) is 4.90 Å². The number of carbonyl (C=O) groups is 1. The first-order valence-electron chi connectivity index (χ1n) is 10.7. The highest BCUT2D eigenvalue weighted by Gasteiger charge is 2.40. The van der Waals surface area contributed by atoms with E-state index >= 15 is 0 Å². The second-order valence-electron chi connectivity index (χ2n) is 7.91. The van der Waals surface area contributed by atoms with Crippen molar-refractivity contribution < 1.29 is 9.90 Å². The summed E-state index contributed by atoms with van der Waals surface area (Å²) in [5.74, 6) is 0.0209. The average molecular weight is 482 g/mol. The van der Waals surface area contributed by atoms with Gasteiger partial charge in [0.2, 0.25) is 0 Å². The van der Waals surface area contributed by atoms with E-state index in [4.69, 9.17) is 4.99 Å². The van der Waals surface area contributed by atoms with Crippen molar-refractivity contribution in [3.63, 3.8) is 0 Å². The zero-order chi connectivity index (χ0) is 23.2. The number of rotatable bonds is 2. The van der Waals surface area contributed by atoms with E-state index in [9.17, 15) is 9.90 Å². The van der Waals surface area contributed by atoms with Crippen LogP contribution in [0, 0.1) is 0 Å². The van der Waals surface area contributed by atoms with E-state index in [0.717, 1.165) is 32.1 Å². The molecule has 0 spiro atoms. The number of aliphatic imine (C=N–C) groups is 1. The number of amidine groups is 1. The molecule has 0 atom stereocenters. The maximum absolute atomic E-state index is 13.8. The molecule has 5 nitrogen and oxygen atoms in total. The molecule has 1 N–H and O–H groups in total. The van der Waals surface area contributed by atoms with Gasteiger partial charge in [-0.2, -0.15) is 0 Å². The number of benzene rings is 4. The van der Waals surface area contributed by atoms with Crippen LogP contribution in [0.3, 0.4) is 0 Å². The Kier molecular flexibility index (Phi) is 5.08. The molecule has 0 aliphatic carbocycles. The Hall–Kier alpha value is -3.68. The minimum atomic E-state index is -0.128. The van der Waals surface area contributed by atoms with Crippen LogP contribution in [0.15, 0.2) is 111 Å². The lowest BCUT2D eigenvalue weighted by Crippen LogP contribution is -2.29. The van der Waals surface area contributed by atoms with E-state index in [1.165, 1.54) is 11.8 Å². The van der Waals surface area contributed by atoms with Gasteiger partial charge in [0.1, 0.15) is 10.7 Å². The van der Waals surface area contributed by atoms with Gasteiger partial charge >= 0.3 is 0 Å². The third-order valence-electron chi connectivity index (χ3n) is 5.80. The highest BCUT2D eigenvalue weighted by atomic mass is 32.2. The van der Waals surface area contributed by atoms with Crippen molar-refractivity contribution in [2.75, 3.05) is 16.8 Å². The first-order chi connectivity index (χ1) is 16.6. The van der Waals surface area contributed by atoms with Gasteiger partial charge in [0.15, 0.2) is 5.17 Å². The number of fused-ring (bicyclic) bond motifs is 2. The number of nitrogens with zero attached hydrogens (tertiary/aromatic N) is 3. The van der Waals surface area contributed by atoms with Gasteiger partial charge in [0.05, 0.1) is 22.1 Å². The summed E-state index contributed by atoms with van der Waals surface area (Å²) in [5.41, 5.74) is 2.55. The van der Waals surface area contributed by atoms with Crippen LogP contribution in [0.25, 0.3) is 10.8 Å². The molecule has 0 unspecified atom stereocenters. The van der Waals surface area contributed by atoms with Crippen molar-refractivity contribution in [1.29, 1.82) is 0 Å². The second kappa shape index (κ2) is 8.27. The van der Waals surface area contributed by atoms with Crippen LogP contribution in [-0.2, 0) is 4.79 Å². The van der Waals surface area contributed by atoms with Crippen LogP contribution in [0.5, 0.6) is 5.75 Å². The monoisotopic (exact) mass is 481 g/mol. The van der Waals surface area contributed by atoms with Crippen molar-refractivity contribution in [2.24, 2.45) is 4.99 Å². The molecule has 4 aromatic rings. The van der Waals surface area contributed by atoms with E-state index in [-0.39, 0.29) is 11.7 Å². The lowest BCUT2D eigenvalue weighted by molar-refractivity contribution is -0.113. The number of carbonyl (C=O) groups excluding carboxylic acids is 1. The van der Waals surface area contributed by atoms with Gasteiger partial charge < -0.3 is 10.0 Å². The number of amides is 1. The van der Waals surface area contributed by atoms with Gasteiger partial charge in [-0.25, -0.2) is 4.99 Å². The number of thioether (sulfide) groups is 2. The summed E-state index contributed by atoms with van der Waals surface area (Å²) in [7, 11) is 1.99. The molecule has 0 saturated carbocycles. The van der Waals surface area contributed by atoms with Gasteiger partial charge in [0, 0.05) is 17.3 Å². The lowest BCUT2D eigenvalue weighted by atomic mass is 10.1. The van der Waals surface area contributed by atoms with E-state index in [2.05, 4.69) is 29.2 Å². The topological polar surface area (TPSA) is 56.1 Å². The number of anilines is 2. The Balaban J connectivity index is 1.50. The maximum atomic E-state index is 13.8. The molecule has 0 bridgehead atoms. The fourth-order valence-electron chi connectivity index (χ4n) is 4.12. The van der Waals surface area contributed by atoms with Crippen LogP contribution >= 0.6 is 23.5 Å². The molecule has 1 amide bonds. The molecule has 1 saturated heterocycles. The first kappa shape index (κ1) is 20.9. The largest absolute Gasteiger partial charge is 0.508 e. The Morgan fingerprint density at radius 2 is 1.56 bits per heavy atom. The number of phenols is 1. The third kappa shape index (κ3) is 3.45. The van der Waals surface area contributed by atoms with Gasteiger partial charge in [0.25, 0.3) is 5.91 Å². The second-order valence-corrected chi connectivity index (χ2v) is 9.92. The fourth-order valence-corrected chi connectivity index (χ4v) is 6.46. The molecule has 0 aromatic heterocycles. The van der Waals surface area contributed by atoms with Crippen LogP contribution < -0.4 is 9.80 Å². The number of hydrogen-bond acceptors (Lipinski definition) is 6. The summed E-state index contributed by atoms with van der Waals surface area (Å²) in [6.45, 7) is 0. The smallest absolute Gasteiger partial charge is 0.274 e. The van der Waals surface area contributed by atoms with Gasteiger partial charge in [-0.15, -0.1) is 0 Å². The zero-order valence-corrected chi connectivity index (χ0v) is 19.8. The molecule has 2 aliphatic rings. The SMILES string of the molecule is CN1/C(=C2/SC(=Nc3cccc4ccccc34)N(c3ccc(O)cc3)C2=O)Sc2ccccc21. The summed E-state index contributed by atoms with van der Waals surface area (Å²) in [6.07, 6.45) is 0. The van der Waals surface area contributed by atoms with Gasteiger partial charge in [-0.05, 0) is 59.6 Å². The molecular formula is C27H19N3O2S2. The predicted octanol–water partition coefficient (Wildman–Crippen LogP) is 6.72. The van der Waals surface area contributed by atoms with E-state index in [1.54, 1.807) is 40.9 Å². The molecular weight excluding hydrogens is 462 g/mol.